The van der Waals surface area contributed by atoms with Crippen LogP contribution in [0.3, 0.4) is 0 Å². The Morgan fingerprint density at radius 2 is 2.15 bits per heavy atom. The van der Waals surface area contributed by atoms with E-state index in [2.05, 4.69) is 39.0 Å². The van der Waals surface area contributed by atoms with E-state index >= 15 is 0 Å². The molecule has 5 rings (SSSR count). The highest BCUT2D eigenvalue weighted by Gasteiger charge is 2.31. The molecule has 5 heterocycles. The Hall–Kier alpha value is -2.00. The molecule has 4 aromatic rings. The van der Waals surface area contributed by atoms with Gasteiger partial charge in [0, 0.05) is 16.3 Å². The smallest absolute Gasteiger partial charge is 0.288 e. The quantitative estimate of drug-likeness (QED) is 0.440. The minimum Gasteiger partial charge on any atom is -0.459 e. The SMILES string of the molecule is S=c1oc(-c2ccco2)nn1CN1CCc2sccc2[C@H]1c1cccs1. The van der Waals surface area contributed by atoms with E-state index in [9.17, 15) is 0 Å². The molecule has 0 aromatic carbocycles. The minimum absolute atomic E-state index is 0.232. The van der Waals surface area contributed by atoms with Gasteiger partial charge in [0.25, 0.3) is 10.7 Å². The summed E-state index contributed by atoms with van der Waals surface area (Å²) in [4.78, 5) is 5.58. The van der Waals surface area contributed by atoms with Crippen LogP contribution in [0.25, 0.3) is 11.7 Å². The molecule has 1 aliphatic heterocycles. The van der Waals surface area contributed by atoms with Crippen molar-refractivity contribution in [1.29, 1.82) is 0 Å². The van der Waals surface area contributed by atoms with E-state index in [-0.39, 0.29) is 6.04 Å². The molecule has 0 spiro atoms. The van der Waals surface area contributed by atoms with Gasteiger partial charge in [0.2, 0.25) is 0 Å². The van der Waals surface area contributed by atoms with Crippen LogP contribution in [-0.2, 0) is 13.1 Å². The molecule has 4 aromatic heterocycles. The highest BCUT2D eigenvalue weighted by Crippen LogP contribution is 2.39. The molecule has 1 aliphatic rings. The molecule has 8 heteroatoms. The molecule has 0 bridgehead atoms. The predicted molar refractivity (Wildman–Crippen MR) is 104 cm³/mol. The number of hydrogen-bond donors (Lipinski definition) is 0. The molecular weight excluding hydrogens is 386 g/mol. The molecule has 0 N–H and O–H groups in total. The Morgan fingerprint density at radius 1 is 1.19 bits per heavy atom. The first-order valence-electron chi connectivity index (χ1n) is 8.25. The fraction of sp³-hybridized carbons (Fsp3) is 0.222. The van der Waals surface area contributed by atoms with E-state index in [0.29, 0.717) is 23.2 Å². The monoisotopic (exact) mass is 401 g/mol. The summed E-state index contributed by atoms with van der Waals surface area (Å²) in [6, 6.07) is 10.4. The van der Waals surface area contributed by atoms with Gasteiger partial charge in [-0.15, -0.1) is 27.8 Å². The van der Waals surface area contributed by atoms with Crippen LogP contribution in [0.4, 0.5) is 0 Å². The molecule has 0 radical (unpaired) electrons. The van der Waals surface area contributed by atoms with Crippen molar-refractivity contribution in [2.24, 2.45) is 0 Å². The molecule has 132 valence electrons. The van der Waals surface area contributed by atoms with Crippen LogP contribution in [0, 0.1) is 4.84 Å². The number of rotatable bonds is 4. The number of hydrogen-bond acceptors (Lipinski definition) is 7. The summed E-state index contributed by atoms with van der Waals surface area (Å²) in [5.41, 5.74) is 1.39. The van der Waals surface area contributed by atoms with Crippen molar-refractivity contribution in [2.45, 2.75) is 19.1 Å². The second kappa shape index (κ2) is 6.62. The molecule has 5 nitrogen and oxygen atoms in total. The summed E-state index contributed by atoms with van der Waals surface area (Å²) in [7, 11) is 0. The molecule has 1 atom stereocenters. The van der Waals surface area contributed by atoms with E-state index in [1.807, 2.05) is 23.5 Å². The van der Waals surface area contributed by atoms with Crippen molar-refractivity contribution in [3.8, 4) is 11.7 Å². The van der Waals surface area contributed by atoms with Crippen LogP contribution in [0.15, 0.2) is 56.2 Å². The summed E-state index contributed by atoms with van der Waals surface area (Å²) in [5.74, 6) is 1.00. The zero-order chi connectivity index (χ0) is 17.5. The maximum Gasteiger partial charge on any atom is 0.288 e. The lowest BCUT2D eigenvalue weighted by Crippen LogP contribution is -2.36. The van der Waals surface area contributed by atoms with Crippen molar-refractivity contribution < 1.29 is 8.83 Å². The van der Waals surface area contributed by atoms with Gasteiger partial charge in [0.15, 0.2) is 5.76 Å². The van der Waals surface area contributed by atoms with Crippen molar-refractivity contribution >= 4 is 34.9 Å². The first kappa shape index (κ1) is 16.2. The normalized spacial score (nSPS) is 17.5. The minimum atomic E-state index is 0.232. The third kappa shape index (κ3) is 2.79. The highest BCUT2D eigenvalue weighted by atomic mass is 32.1. The summed E-state index contributed by atoms with van der Waals surface area (Å²) in [6.07, 6.45) is 2.65. The van der Waals surface area contributed by atoms with E-state index in [4.69, 9.17) is 21.1 Å². The maximum absolute atomic E-state index is 5.63. The van der Waals surface area contributed by atoms with Crippen LogP contribution in [-0.4, -0.2) is 21.2 Å². The van der Waals surface area contributed by atoms with E-state index in [1.54, 1.807) is 22.3 Å². The van der Waals surface area contributed by atoms with Gasteiger partial charge in [-0.25, -0.2) is 4.68 Å². The predicted octanol–water partition coefficient (Wildman–Crippen LogP) is 5.19. The van der Waals surface area contributed by atoms with Gasteiger partial charge in [-0.3, -0.25) is 4.90 Å². The van der Waals surface area contributed by atoms with Gasteiger partial charge in [-0.05, 0) is 59.2 Å². The van der Waals surface area contributed by atoms with Gasteiger partial charge in [0.1, 0.15) is 0 Å². The Balaban J connectivity index is 1.49. The third-order valence-corrected chi connectivity index (χ3v) is 6.75. The van der Waals surface area contributed by atoms with Crippen LogP contribution in [0.2, 0.25) is 0 Å². The molecule has 0 saturated heterocycles. The van der Waals surface area contributed by atoms with E-state index in [1.165, 1.54) is 15.3 Å². The zero-order valence-corrected chi connectivity index (χ0v) is 16.1. The molecule has 0 amide bonds. The topological polar surface area (TPSA) is 47.3 Å². The third-order valence-electron chi connectivity index (χ3n) is 4.53. The maximum atomic E-state index is 5.63. The van der Waals surface area contributed by atoms with Gasteiger partial charge in [-0.1, -0.05) is 6.07 Å². The molecular formula is C18H15N3O2S3. The molecule has 26 heavy (non-hydrogen) atoms. The second-order valence-corrected chi connectivity index (χ2v) is 8.40. The van der Waals surface area contributed by atoms with Crippen molar-refractivity contribution in [3.63, 3.8) is 0 Å². The molecule has 0 aliphatic carbocycles. The summed E-state index contributed by atoms with van der Waals surface area (Å²) < 4.78 is 12.7. The fourth-order valence-corrected chi connectivity index (χ4v) is 5.33. The number of nitrogens with zero attached hydrogens (tertiary/aromatic N) is 3. The first-order chi connectivity index (χ1) is 12.8. The number of fused-ring (bicyclic) bond motifs is 1. The average molecular weight is 402 g/mol. The molecule has 0 unspecified atom stereocenters. The van der Waals surface area contributed by atoms with E-state index in [0.717, 1.165) is 13.0 Å². The second-order valence-electron chi connectivity index (χ2n) is 6.07. The van der Waals surface area contributed by atoms with Crippen molar-refractivity contribution in [2.75, 3.05) is 6.54 Å². The summed E-state index contributed by atoms with van der Waals surface area (Å²) in [6.45, 7) is 1.54. The number of aromatic nitrogens is 2. The summed E-state index contributed by atoms with van der Waals surface area (Å²) >= 11 is 9.02. The molecule has 0 fully saturated rings. The lowest BCUT2D eigenvalue weighted by atomic mass is 9.99. The fourth-order valence-electron chi connectivity index (χ4n) is 3.37. The van der Waals surface area contributed by atoms with Crippen LogP contribution in [0.1, 0.15) is 21.4 Å². The first-order valence-corrected chi connectivity index (χ1v) is 10.4. The lowest BCUT2D eigenvalue weighted by molar-refractivity contribution is 0.157. The van der Waals surface area contributed by atoms with Gasteiger partial charge in [-0.2, -0.15) is 0 Å². The largest absolute Gasteiger partial charge is 0.459 e. The Labute approximate surface area is 163 Å². The Kier molecular flexibility index (Phi) is 4.12. The van der Waals surface area contributed by atoms with E-state index < -0.39 is 0 Å². The van der Waals surface area contributed by atoms with Crippen LogP contribution in [0.5, 0.6) is 0 Å². The van der Waals surface area contributed by atoms with Crippen molar-refractivity contribution in [1.82, 2.24) is 14.7 Å². The Morgan fingerprint density at radius 3 is 2.96 bits per heavy atom. The summed E-state index contributed by atoms with van der Waals surface area (Å²) in [5, 5.41) is 8.84. The van der Waals surface area contributed by atoms with Crippen LogP contribution < -0.4 is 0 Å². The van der Waals surface area contributed by atoms with Gasteiger partial charge < -0.3 is 8.83 Å². The highest BCUT2D eigenvalue weighted by molar-refractivity contribution is 7.71. The lowest BCUT2D eigenvalue weighted by Gasteiger charge is -2.34. The molecule has 0 saturated carbocycles. The van der Waals surface area contributed by atoms with Gasteiger partial charge in [0.05, 0.1) is 19.0 Å². The van der Waals surface area contributed by atoms with Gasteiger partial charge >= 0.3 is 0 Å². The Bertz CT molecular complexity index is 1060. The van der Waals surface area contributed by atoms with Crippen LogP contribution >= 0.6 is 34.9 Å². The van der Waals surface area contributed by atoms with Crippen molar-refractivity contribution in [3.05, 3.63) is 67.5 Å². The number of thiophene rings is 2. The number of furan rings is 1. The standard InChI is InChI=1S/C18H15N3O2S3/c24-18-21(19-17(23-18)13-3-1-8-22-13)11-20-7-5-14-12(6-10-26-14)16(20)15-4-2-9-25-15/h1-4,6,8-10,16H,5,7,11H2/t16-/m0/s1. The average Bonchev–Trinajstić information content (AvgIpc) is 3.43. The zero-order valence-electron chi connectivity index (χ0n) is 13.7.